The van der Waals surface area contributed by atoms with Crippen LogP contribution in [0.25, 0.3) is 17.0 Å². The van der Waals surface area contributed by atoms with Crippen molar-refractivity contribution in [2.24, 2.45) is 5.92 Å². The number of anilines is 2. The van der Waals surface area contributed by atoms with Gasteiger partial charge in [-0.1, -0.05) is 41.9 Å². The molecule has 4 heterocycles. The molecule has 1 aromatic carbocycles. The van der Waals surface area contributed by atoms with Crippen molar-refractivity contribution in [3.05, 3.63) is 66.1 Å². The summed E-state index contributed by atoms with van der Waals surface area (Å²) in [5.74, 6) is 1.70. The van der Waals surface area contributed by atoms with Crippen molar-refractivity contribution in [3.63, 3.8) is 0 Å². The van der Waals surface area contributed by atoms with Gasteiger partial charge in [-0.05, 0) is 25.0 Å². The maximum Gasteiger partial charge on any atom is 0.254 e. The molecule has 1 N–H and O–H groups in total. The Balaban J connectivity index is 1.41. The molecule has 31 heavy (non-hydrogen) atoms. The molecular weight excluding hydrogens is 414 g/mol. The van der Waals surface area contributed by atoms with Crippen molar-refractivity contribution in [1.29, 1.82) is 0 Å². The second-order valence-corrected chi connectivity index (χ2v) is 7.91. The molecule has 4 aromatic rings. The fourth-order valence-electron chi connectivity index (χ4n) is 3.86. The average molecular weight is 434 g/mol. The van der Waals surface area contributed by atoms with Crippen LogP contribution in [-0.2, 0) is 4.79 Å². The molecule has 1 saturated heterocycles. The molecule has 1 aliphatic rings. The molecule has 1 fully saturated rings. The normalized spacial score (nSPS) is 16.4. The van der Waals surface area contributed by atoms with Crippen LogP contribution < -0.4 is 10.2 Å². The van der Waals surface area contributed by atoms with Crippen LogP contribution in [0.15, 0.2) is 61.1 Å². The third-order valence-electron chi connectivity index (χ3n) is 5.40. The fraction of sp³-hybridized carbons (Fsp3) is 0.227. The van der Waals surface area contributed by atoms with Gasteiger partial charge in [0.2, 0.25) is 5.91 Å². The highest BCUT2D eigenvalue weighted by molar-refractivity contribution is 6.30. The third-order valence-corrected chi connectivity index (χ3v) is 5.62. The number of benzene rings is 1. The quantitative estimate of drug-likeness (QED) is 0.528. The summed E-state index contributed by atoms with van der Waals surface area (Å²) in [6.45, 7) is 1.41. The van der Waals surface area contributed by atoms with Crippen LogP contribution in [0.4, 0.5) is 11.6 Å². The molecule has 0 aliphatic carbocycles. The number of pyridine rings is 1. The second kappa shape index (κ2) is 8.31. The summed E-state index contributed by atoms with van der Waals surface area (Å²) in [6, 6.07) is 15.4. The van der Waals surface area contributed by atoms with Crippen molar-refractivity contribution in [2.45, 2.75) is 12.8 Å². The van der Waals surface area contributed by atoms with E-state index in [9.17, 15) is 4.79 Å². The van der Waals surface area contributed by atoms with Gasteiger partial charge < -0.3 is 10.2 Å². The lowest BCUT2D eigenvalue weighted by molar-refractivity contribution is -0.120. The van der Waals surface area contributed by atoms with E-state index in [2.05, 4.69) is 30.3 Å². The number of carbonyl (C=O) groups is 1. The van der Waals surface area contributed by atoms with Crippen LogP contribution >= 0.6 is 11.6 Å². The Labute approximate surface area is 183 Å². The van der Waals surface area contributed by atoms with Gasteiger partial charge in [0.15, 0.2) is 0 Å². The summed E-state index contributed by atoms with van der Waals surface area (Å²) in [5.41, 5.74) is 1.84. The van der Waals surface area contributed by atoms with Crippen molar-refractivity contribution >= 4 is 34.9 Å². The highest BCUT2D eigenvalue weighted by Gasteiger charge is 2.28. The zero-order chi connectivity index (χ0) is 21.2. The minimum Gasteiger partial charge on any atom is -0.356 e. The summed E-state index contributed by atoms with van der Waals surface area (Å²) in [7, 11) is 0. The third kappa shape index (κ3) is 4.06. The lowest BCUT2D eigenvalue weighted by Gasteiger charge is -2.33. The molecule has 156 valence electrons. The Bertz CT molecular complexity index is 1210. The molecule has 0 saturated carbocycles. The Kier molecular flexibility index (Phi) is 5.21. The first kappa shape index (κ1) is 19.4. The van der Waals surface area contributed by atoms with Gasteiger partial charge in [-0.2, -0.15) is 14.6 Å². The van der Waals surface area contributed by atoms with E-state index < -0.39 is 0 Å². The van der Waals surface area contributed by atoms with Crippen molar-refractivity contribution in [3.8, 4) is 11.3 Å². The molecule has 0 bridgehead atoms. The fourth-order valence-corrected chi connectivity index (χ4v) is 3.97. The largest absolute Gasteiger partial charge is 0.356 e. The number of carbonyl (C=O) groups excluding carboxylic acids is 1. The maximum atomic E-state index is 12.9. The van der Waals surface area contributed by atoms with Crippen molar-refractivity contribution < 1.29 is 4.79 Å². The SMILES string of the molecule is O=C(Nc1ccc(Cl)cn1)C1CCCN(c2cc(-c3ccccc3)nc3ncnn23)C1. The smallest absolute Gasteiger partial charge is 0.254 e. The number of aromatic nitrogens is 5. The minimum absolute atomic E-state index is 0.0494. The molecule has 1 aliphatic heterocycles. The van der Waals surface area contributed by atoms with Crippen LogP contribution in [0.1, 0.15) is 12.8 Å². The van der Waals surface area contributed by atoms with Crippen molar-refractivity contribution in [2.75, 3.05) is 23.3 Å². The lowest BCUT2D eigenvalue weighted by atomic mass is 9.97. The van der Waals surface area contributed by atoms with Gasteiger partial charge in [-0.25, -0.2) is 9.97 Å². The topological polar surface area (TPSA) is 88.3 Å². The molecule has 1 unspecified atom stereocenters. The first-order chi connectivity index (χ1) is 15.2. The number of nitrogens with one attached hydrogen (secondary N) is 1. The van der Waals surface area contributed by atoms with Crippen LogP contribution in [0.2, 0.25) is 5.02 Å². The van der Waals surface area contributed by atoms with E-state index in [1.54, 1.807) is 16.6 Å². The van der Waals surface area contributed by atoms with Gasteiger partial charge in [0, 0.05) is 30.9 Å². The number of fused-ring (bicyclic) bond motifs is 1. The van der Waals surface area contributed by atoms with E-state index in [1.165, 1.54) is 12.5 Å². The van der Waals surface area contributed by atoms with E-state index >= 15 is 0 Å². The maximum absolute atomic E-state index is 12.9. The van der Waals surface area contributed by atoms with Crippen LogP contribution in [-0.4, -0.2) is 43.6 Å². The molecule has 1 atom stereocenters. The first-order valence-electron chi connectivity index (χ1n) is 10.1. The highest BCUT2D eigenvalue weighted by Crippen LogP contribution is 2.28. The van der Waals surface area contributed by atoms with Gasteiger partial charge in [0.1, 0.15) is 18.0 Å². The number of hydrogen-bond acceptors (Lipinski definition) is 6. The summed E-state index contributed by atoms with van der Waals surface area (Å²) in [6.07, 6.45) is 4.73. The van der Waals surface area contributed by atoms with Crippen LogP contribution in [0.3, 0.4) is 0 Å². The molecule has 1 amide bonds. The number of halogens is 1. The second-order valence-electron chi connectivity index (χ2n) is 7.47. The van der Waals surface area contributed by atoms with Crippen LogP contribution in [0, 0.1) is 5.92 Å². The summed E-state index contributed by atoms with van der Waals surface area (Å²) < 4.78 is 1.73. The number of piperidine rings is 1. The molecule has 0 spiro atoms. The van der Waals surface area contributed by atoms with Crippen LogP contribution in [0.5, 0.6) is 0 Å². The average Bonchev–Trinajstić information content (AvgIpc) is 3.29. The molecular formula is C22H20ClN7O. The van der Waals surface area contributed by atoms with Crippen molar-refractivity contribution in [1.82, 2.24) is 24.6 Å². The number of nitrogens with zero attached hydrogens (tertiary/aromatic N) is 6. The Morgan fingerprint density at radius 1 is 1.13 bits per heavy atom. The van der Waals surface area contributed by atoms with E-state index in [0.717, 1.165) is 36.5 Å². The van der Waals surface area contributed by atoms with Gasteiger partial charge >= 0.3 is 0 Å². The monoisotopic (exact) mass is 433 g/mol. The number of amides is 1. The molecule has 0 radical (unpaired) electrons. The van der Waals surface area contributed by atoms with Gasteiger partial charge in [0.25, 0.3) is 5.78 Å². The predicted octanol–water partition coefficient (Wildman–Crippen LogP) is 3.69. The number of hydrogen-bond donors (Lipinski definition) is 1. The zero-order valence-electron chi connectivity index (χ0n) is 16.6. The molecule has 3 aromatic heterocycles. The summed E-state index contributed by atoms with van der Waals surface area (Å²) >= 11 is 5.88. The minimum atomic E-state index is -0.168. The zero-order valence-corrected chi connectivity index (χ0v) is 17.4. The van der Waals surface area contributed by atoms with Gasteiger partial charge in [0.05, 0.1) is 16.6 Å². The van der Waals surface area contributed by atoms with E-state index in [-0.39, 0.29) is 11.8 Å². The summed E-state index contributed by atoms with van der Waals surface area (Å²) in [5, 5.41) is 7.78. The van der Waals surface area contributed by atoms with Gasteiger partial charge in [-0.3, -0.25) is 4.79 Å². The first-order valence-corrected chi connectivity index (χ1v) is 10.5. The highest BCUT2D eigenvalue weighted by atomic mass is 35.5. The Morgan fingerprint density at radius 2 is 2.00 bits per heavy atom. The van der Waals surface area contributed by atoms with E-state index in [0.29, 0.717) is 23.2 Å². The molecule has 9 heteroatoms. The summed E-state index contributed by atoms with van der Waals surface area (Å²) in [4.78, 5) is 28.1. The standard InChI is InChI=1S/C22H20ClN7O/c23-17-8-9-19(24-12-17)28-21(31)16-7-4-10-29(13-16)20-11-18(15-5-2-1-3-6-15)27-22-25-14-26-30(20)22/h1-3,5-6,8-9,11-12,14,16H,4,7,10,13H2,(H,24,28,31). The predicted molar refractivity (Wildman–Crippen MR) is 119 cm³/mol. The van der Waals surface area contributed by atoms with Gasteiger partial charge in [-0.15, -0.1) is 0 Å². The Hall–Kier alpha value is -3.52. The lowest BCUT2D eigenvalue weighted by Crippen LogP contribution is -2.41. The molecule has 5 rings (SSSR count). The van der Waals surface area contributed by atoms with E-state index in [4.69, 9.17) is 11.6 Å². The number of rotatable bonds is 4. The van der Waals surface area contributed by atoms with E-state index in [1.807, 2.05) is 36.4 Å². The molecule has 8 nitrogen and oxygen atoms in total. The Morgan fingerprint density at radius 3 is 2.81 bits per heavy atom.